The normalized spacial score (nSPS) is 11.0. The van der Waals surface area contributed by atoms with E-state index in [1.807, 2.05) is 30.3 Å². The molecule has 8 nitrogen and oxygen atoms in total. The number of fused-ring (bicyclic) bond motifs is 1. The highest BCUT2D eigenvalue weighted by Crippen LogP contribution is 2.24. The van der Waals surface area contributed by atoms with Crippen LogP contribution in [0.2, 0.25) is 0 Å². The van der Waals surface area contributed by atoms with Crippen LogP contribution in [0.15, 0.2) is 48.1 Å². The van der Waals surface area contributed by atoms with Gasteiger partial charge in [-0.25, -0.2) is 19.3 Å². The van der Waals surface area contributed by atoms with E-state index < -0.39 is 5.97 Å². The number of hydrogen-bond acceptors (Lipinski definition) is 6. The van der Waals surface area contributed by atoms with Crippen molar-refractivity contribution >= 4 is 18.0 Å². The number of benzene rings is 1. The monoisotopic (exact) mass is 310 g/mol. The first-order valence-corrected chi connectivity index (χ1v) is 6.82. The summed E-state index contributed by atoms with van der Waals surface area (Å²) in [5.41, 5.74) is 1.83. The quantitative estimate of drug-likeness (QED) is 0.314. The summed E-state index contributed by atoms with van der Waals surface area (Å²) in [6.07, 6.45) is 4.24. The van der Waals surface area contributed by atoms with Gasteiger partial charge >= 0.3 is 5.97 Å². The molecule has 0 N–H and O–H groups in total. The van der Waals surface area contributed by atoms with Gasteiger partial charge in [0.05, 0.1) is 5.69 Å². The maximum absolute atomic E-state index is 12.5. The van der Waals surface area contributed by atoms with Gasteiger partial charge in [-0.3, -0.25) is 0 Å². The van der Waals surface area contributed by atoms with Crippen LogP contribution in [0, 0.1) is 0 Å². The largest absolute Gasteiger partial charge is 0.371 e. The summed E-state index contributed by atoms with van der Waals surface area (Å²) < 4.78 is 1.42. The van der Waals surface area contributed by atoms with Crippen molar-refractivity contribution in [3.05, 3.63) is 48.5 Å². The van der Waals surface area contributed by atoms with Gasteiger partial charge in [0.25, 0.3) is 0 Å². The van der Waals surface area contributed by atoms with Gasteiger partial charge in [0, 0.05) is 19.7 Å². The summed E-state index contributed by atoms with van der Waals surface area (Å²) in [6, 6.07) is 9.33. The molecule has 2 aromatic heterocycles. The van der Waals surface area contributed by atoms with Gasteiger partial charge in [0.1, 0.15) is 24.6 Å². The predicted octanol–water partition coefficient (Wildman–Crippen LogP) is 1.45. The van der Waals surface area contributed by atoms with Crippen molar-refractivity contribution in [1.29, 1.82) is 0 Å². The molecule has 3 rings (SSSR count). The summed E-state index contributed by atoms with van der Waals surface area (Å²) in [6.45, 7) is 0. The molecule has 0 spiro atoms. The van der Waals surface area contributed by atoms with E-state index in [0.717, 1.165) is 5.56 Å². The Morgan fingerprint density at radius 2 is 2.04 bits per heavy atom. The molecule has 0 saturated carbocycles. The van der Waals surface area contributed by atoms with Crippen molar-refractivity contribution in [3.8, 4) is 11.3 Å². The molecule has 3 aromatic rings. The minimum atomic E-state index is -0.645. The van der Waals surface area contributed by atoms with Crippen LogP contribution in [0.5, 0.6) is 0 Å². The van der Waals surface area contributed by atoms with Crippen LogP contribution >= 0.6 is 0 Å². The molecule has 0 fully saturated rings. The second-order valence-electron chi connectivity index (χ2n) is 4.93. The van der Waals surface area contributed by atoms with E-state index in [2.05, 4.69) is 20.2 Å². The van der Waals surface area contributed by atoms with Crippen molar-refractivity contribution in [2.24, 2.45) is 5.16 Å². The number of rotatable bonds is 4. The van der Waals surface area contributed by atoms with Crippen LogP contribution in [0.4, 0.5) is 0 Å². The fourth-order valence-corrected chi connectivity index (χ4v) is 2.01. The third-order valence-electron chi connectivity index (χ3n) is 2.99. The maximum atomic E-state index is 12.5. The summed E-state index contributed by atoms with van der Waals surface area (Å²) in [5, 5.41) is 7.63. The van der Waals surface area contributed by atoms with Crippen LogP contribution < -0.4 is 0 Å². The first-order chi connectivity index (χ1) is 11.2. The minimum Gasteiger partial charge on any atom is -0.366 e. The van der Waals surface area contributed by atoms with Gasteiger partial charge in [-0.15, -0.1) is 0 Å². The van der Waals surface area contributed by atoms with E-state index in [-0.39, 0.29) is 5.56 Å². The number of aromatic nitrogens is 4. The minimum absolute atomic E-state index is 0.215. The van der Waals surface area contributed by atoms with Crippen molar-refractivity contribution in [1.82, 2.24) is 24.5 Å². The fourth-order valence-electron chi connectivity index (χ4n) is 2.01. The zero-order valence-corrected chi connectivity index (χ0v) is 12.6. The molecule has 0 saturated heterocycles. The van der Waals surface area contributed by atoms with Crippen LogP contribution in [0.25, 0.3) is 16.9 Å². The average molecular weight is 310 g/mol. The Morgan fingerprint density at radius 1 is 1.26 bits per heavy atom. The first kappa shape index (κ1) is 14.6. The molecule has 0 unspecified atom stereocenters. The van der Waals surface area contributed by atoms with Crippen LogP contribution in [-0.4, -0.2) is 50.9 Å². The second-order valence-corrected chi connectivity index (χ2v) is 4.93. The van der Waals surface area contributed by atoms with E-state index in [0.29, 0.717) is 11.3 Å². The number of nitrogens with zero attached hydrogens (tertiary/aromatic N) is 6. The molecule has 0 aliphatic heterocycles. The zero-order chi connectivity index (χ0) is 16.2. The van der Waals surface area contributed by atoms with Crippen molar-refractivity contribution in [2.75, 3.05) is 14.1 Å². The van der Waals surface area contributed by atoms with Gasteiger partial charge in [0.2, 0.25) is 0 Å². The standard InChI is InChI=1S/C15H14N6O2/c1-20(2)10-19-23-15(22)12-13(11-6-4-3-5-7-11)17-9-21-14(12)16-8-18-21/h3-10H,1-2H3. The van der Waals surface area contributed by atoms with Crippen molar-refractivity contribution in [2.45, 2.75) is 0 Å². The molecule has 8 heteroatoms. The smallest absolute Gasteiger partial charge is 0.366 e. The van der Waals surface area contributed by atoms with Gasteiger partial charge in [0.15, 0.2) is 5.65 Å². The zero-order valence-electron chi connectivity index (χ0n) is 12.6. The Hall–Kier alpha value is -3.29. The maximum Gasteiger partial charge on any atom is 0.371 e. The lowest BCUT2D eigenvalue weighted by Crippen LogP contribution is -2.12. The Labute approximate surface area is 132 Å². The molecule has 0 amide bonds. The molecule has 116 valence electrons. The Bertz CT molecular complexity index is 857. The van der Waals surface area contributed by atoms with E-state index in [9.17, 15) is 4.79 Å². The summed E-state index contributed by atoms with van der Waals surface area (Å²) in [4.78, 5) is 27.5. The van der Waals surface area contributed by atoms with Crippen molar-refractivity contribution < 1.29 is 9.63 Å². The molecular formula is C15H14N6O2. The highest BCUT2D eigenvalue weighted by molar-refractivity contribution is 6.01. The summed E-state index contributed by atoms with van der Waals surface area (Å²) in [7, 11) is 3.54. The van der Waals surface area contributed by atoms with E-state index in [1.54, 1.807) is 19.0 Å². The lowest BCUT2D eigenvalue weighted by Gasteiger charge is -2.08. The number of carbonyl (C=O) groups excluding carboxylic acids is 1. The second kappa shape index (κ2) is 6.22. The first-order valence-electron chi connectivity index (χ1n) is 6.82. The molecule has 0 radical (unpaired) electrons. The number of oxime groups is 1. The highest BCUT2D eigenvalue weighted by atomic mass is 16.7. The SMILES string of the molecule is CN(C)C=NOC(=O)c1c(-c2ccccc2)ncn2ncnc12. The van der Waals surface area contributed by atoms with Crippen molar-refractivity contribution in [3.63, 3.8) is 0 Å². The fraction of sp³-hybridized carbons (Fsp3) is 0.133. The van der Waals surface area contributed by atoms with Gasteiger partial charge in [-0.1, -0.05) is 35.5 Å². The lowest BCUT2D eigenvalue weighted by atomic mass is 10.1. The Kier molecular flexibility index (Phi) is 3.96. The predicted molar refractivity (Wildman–Crippen MR) is 83.8 cm³/mol. The average Bonchev–Trinajstić information content (AvgIpc) is 3.02. The lowest BCUT2D eigenvalue weighted by molar-refractivity contribution is 0.0517. The number of carbonyl (C=O) groups is 1. The Morgan fingerprint density at radius 3 is 2.78 bits per heavy atom. The summed E-state index contributed by atoms with van der Waals surface area (Å²) in [5.74, 6) is -0.645. The third-order valence-corrected chi connectivity index (χ3v) is 2.99. The highest BCUT2D eigenvalue weighted by Gasteiger charge is 2.22. The topological polar surface area (TPSA) is 85.0 Å². The van der Waals surface area contributed by atoms with Gasteiger partial charge in [-0.05, 0) is 0 Å². The molecule has 1 aromatic carbocycles. The molecule has 0 aliphatic rings. The van der Waals surface area contributed by atoms with Gasteiger partial charge < -0.3 is 9.74 Å². The molecule has 0 aliphatic carbocycles. The van der Waals surface area contributed by atoms with Crippen LogP contribution in [0.1, 0.15) is 10.4 Å². The molecule has 0 atom stereocenters. The molecule has 23 heavy (non-hydrogen) atoms. The third kappa shape index (κ3) is 3.00. The van der Waals surface area contributed by atoms with E-state index >= 15 is 0 Å². The number of hydrogen-bond donors (Lipinski definition) is 0. The Balaban J connectivity index is 2.09. The molecule has 0 bridgehead atoms. The summed E-state index contributed by atoms with van der Waals surface area (Å²) >= 11 is 0. The van der Waals surface area contributed by atoms with Crippen LogP contribution in [-0.2, 0) is 4.84 Å². The van der Waals surface area contributed by atoms with Crippen LogP contribution in [0.3, 0.4) is 0 Å². The molecule has 2 heterocycles. The van der Waals surface area contributed by atoms with Gasteiger partial charge in [-0.2, -0.15) is 5.10 Å². The van der Waals surface area contributed by atoms with E-state index in [4.69, 9.17) is 4.84 Å². The molecular weight excluding hydrogens is 296 g/mol. The van der Waals surface area contributed by atoms with E-state index in [1.165, 1.54) is 23.5 Å².